The molecule has 0 aliphatic heterocycles. The van der Waals surface area contributed by atoms with E-state index in [4.69, 9.17) is 4.74 Å². The van der Waals surface area contributed by atoms with Crippen LogP contribution in [0, 0.1) is 13.8 Å². The SMILES string of the molecule is Cc1cccc(C)c1NC(=O)CN(C)C(=O)COC(=O)[C@H](C)NC(=O)c1ccccc1. The van der Waals surface area contributed by atoms with Gasteiger partial charge in [0.15, 0.2) is 6.61 Å². The van der Waals surface area contributed by atoms with Gasteiger partial charge in [-0.1, -0.05) is 36.4 Å². The van der Waals surface area contributed by atoms with Crippen LogP contribution < -0.4 is 10.6 Å². The number of nitrogens with one attached hydrogen (secondary N) is 2. The number of hydrogen-bond donors (Lipinski definition) is 2. The first-order valence-corrected chi connectivity index (χ1v) is 9.81. The Balaban J connectivity index is 1.79. The number of carbonyl (C=O) groups is 4. The van der Waals surface area contributed by atoms with Crippen LogP contribution in [-0.2, 0) is 19.1 Å². The summed E-state index contributed by atoms with van der Waals surface area (Å²) in [6.07, 6.45) is 0. The second-order valence-electron chi connectivity index (χ2n) is 7.23. The van der Waals surface area contributed by atoms with E-state index in [0.717, 1.165) is 11.1 Å². The van der Waals surface area contributed by atoms with Gasteiger partial charge < -0.3 is 20.3 Å². The van der Waals surface area contributed by atoms with Gasteiger partial charge >= 0.3 is 5.97 Å². The number of benzene rings is 2. The lowest BCUT2D eigenvalue weighted by molar-refractivity contribution is -0.153. The standard InChI is InChI=1S/C23H27N3O5/c1-15-9-8-10-16(2)21(15)25-19(27)13-26(4)20(28)14-31-23(30)17(3)24-22(29)18-11-6-5-7-12-18/h5-12,17H,13-14H2,1-4H3,(H,24,29)(H,25,27)/t17-/m0/s1. The van der Waals surface area contributed by atoms with Crippen LogP contribution in [0.1, 0.15) is 28.4 Å². The highest BCUT2D eigenvalue weighted by atomic mass is 16.5. The van der Waals surface area contributed by atoms with Gasteiger partial charge in [0, 0.05) is 18.3 Å². The minimum atomic E-state index is -0.932. The highest BCUT2D eigenvalue weighted by Crippen LogP contribution is 2.19. The monoisotopic (exact) mass is 425 g/mol. The number of para-hydroxylation sites is 1. The maximum absolute atomic E-state index is 12.3. The molecule has 8 nitrogen and oxygen atoms in total. The topological polar surface area (TPSA) is 105 Å². The molecule has 164 valence electrons. The van der Waals surface area contributed by atoms with E-state index in [1.807, 2.05) is 32.0 Å². The summed E-state index contributed by atoms with van der Waals surface area (Å²) in [5.41, 5.74) is 2.96. The van der Waals surface area contributed by atoms with Crippen LogP contribution in [-0.4, -0.2) is 54.8 Å². The number of esters is 1. The van der Waals surface area contributed by atoms with Crippen LogP contribution in [0.5, 0.6) is 0 Å². The molecule has 1 atom stereocenters. The van der Waals surface area contributed by atoms with Crippen molar-refractivity contribution in [1.29, 1.82) is 0 Å². The third-order valence-corrected chi connectivity index (χ3v) is 4.63. The molecule has 0 aliphatic carbocycles. The predicted octanol–water partition coefficient (Wildman–Crippen LogP) is 2.06. The van der Waals surface area contributed by atoms with Crippen molar-refractivity contribution in [3.8, 4) is 0 Å². The van der Waals surface area contributed by atoms with Gasteiger partial charge in [0.05, 0.1) is 6.54 Å². The highest BCUT2D eigenvalue weighted by molar-refractivity contribution is 5.97. The lowest BCUT2D eigenvalue weighted by atomic mass is 10.1. The summed E-state index contributed by atoms with van der Waals surface area (Å²) in [5.74, 6) is -2.06. The summed E-state index contributed by atoms with van der Waals surface area (Å²) < 4.78 is 4.99. The van der Waals surface area contributed by atoms with E-state index in [9.17, 15) is 19.2 Å². The van der Waals surface area contributed by atoms with E-state index in [1.54, 1.807) is 30.3 Å². The van der Waals surface area contributed by atoms with E-state index in [-0.39, 0.29) is 12.5 Å². The largest absolute Gasteiger partial charge is 0.454 e. The third kappa shape index (κ3) is 6.95. The third-order valence-electron chi connectivity index (χ3n) is 4.63. The first-order valence-electron chi connectivity index (χ1n) is 9.81. The van der Waals surface area contributed by atoms with Gasteiger partial charge in [0.2, 0.25) is 5.91 Å². The number of anilines is 1. The fourth-order valence-corrected chi connectivity index (χ4v) is 2.79. The number of hydrogen-bond acceptors (Lipinski definition) is 5. The molecule has 0 aliphatic rings. The molecule has 3 amide bonds. The molecule has 2 aromatic carbocycles. The number of likely N-dealkylation sites (N-methyl/N-ethyl adjacent to an activating group) is 1. The van der Waals surface area contributed by atoms with Gasteiger partial charge in [-0.15, -0.1) is 0 Å². The highest BCUT2D eigenvalue weighted by Gasteiger charge is 2.21. The Labute approximate surface area is 181 Å². The fraction of sp³-hybridized carbons (Fsp3) is 0.304. The van der Waals surface area contributed by atoms with Crippen molar-refractivity contribution in [2.45, 2.75) is 26.8 Å². The molecular formula is C23H27N3O5. The van der Waals surface area contributed by atoms with Crippen molar-refractivity contribution in [2.75, 3.05) is 25.5 Å². The van der Waals surface area contributed by atoms with E-state index in [2.05, 4.69) is 10.6 Å². The smallest absolute Gasteiger partial charge is 0.328 e. The van der Waals surface area contributed by atoms with Crippen LogP contribution >= 0.6 is 0 Å². The summed E-state index contributed by atoms with van der Waals surface area (Å²) >= 11 is 0. The maximum atomic E-state index is 12.3. The minimum absolute atomic E-state index is 0.190. The number of amides is 3. The van der Waals surface area contributed by atoms with Gasteiger partial charge in [-0.05, 0) is 44.0 Å². The van der Waals surface area contributed by atoms with Crippen molar-refractivity contribution in [1.82, 2.24) is 10.2 Å². The van der Waals surface area contributed by atoms with E-state index in [1.165, 1.54) is 18.9 Å². The van der Waals surface area contributed by atoms with E-state index in [0.29, 0.717) is 11.3 Å². The Morgan fingerprint density at radius 1 is 0.968 bits per heavy atom. The maximum Gasteiger partial charge on any atom is 0.328 e. The second-order valence-corrected chi connectivity index (χ2v) is 7.23. The summed E-state index contributed by atoms with van der Waals surface area (Å²) in [6.45, 7) is 4.51. The molecular weight excluding hydrogens is 398 g/mol. The summed E-state index contributed by atoms with van der Waals surface area (Å²) in [6, 6.07) is 13.2. The molecule has 0 radical (unpaired) electrons. The summed E-state index contributed by atoms with van der Waals surface area (Å²) in [4.78, 5) is 49.8. The lowest BCUT2D eigenvalue weighted by Crippen LogP contribution is -2.42. The molecule has 0 unspecified atom stereocenters. The predicted molar refractivity (Wildman–Crippen MR) is 117 cm³/mol. The van der Waals surface area contributed by atoms with E-state index >= 15 is 0 Å². The molecule has 0 bridgehead atoms. The van der Waals surface area contributed by atoms with Crippen LogP contribution in [0.3, 0.4) is 0 Å². The van der Waals surface area contributed by atoms with Crippen LogP contribution in [0.2, 0.25) is 0 Å². The first-order chi connectivity index (χ1) is 14.7. The molecule has 0 aromatic heterocycles. The number of nitrogens with zero attached hydrogens (tertiary/aromatic N) is 1. The van der Waals surface area contributed by atoms with Gasteiger partial charge in [-0.3, -0.25) is 14.4 Å². The molecule has 8 heteroatoms. The summed E-state index contributed by atoms with van der Waals surface area (Å²) in [5, 5.41) is 5.31. The second kappa shape index (κ2) is 10.9. The quantitative estimate of drug-likeness (QED) is 0.630. The number of carbonyl (C=O) groups excluding carboxylic acids is 4. The molecule has 0 spiro atoms. The average Bonchev–Trinajstić information content (AvgIpc) is 2.74. The van der Waals surface area contributed by atoms with Crippen LogP contribution in [0.15, 0.2) is 48.5 Å². The van der Waals surface area contributed by atoms with Crippen LogP contribution in [0.25, 0.3) is 0 Å². The zero-order chi connectivity index (χ0) is 23.0. The summed E-state index contributed by atoms with van der Waals surface area (Å²) in [7, 11) is 1.45. The molecule has 2 aromatic rings. The minimum Gasteiger partial charge on any atom is -0.454 e. The van der Waals surface area contributed by atoms with Crippen molar-refractivity contribution < 1.29 is 23.9 Å². The molecule has 31 heavy (non-hydrogen) atoms. The van der Waals surface area contributed by atoms with Gasteiger partial charge in [-0.25, -0.2) is 4.79 Å². The Morgan fingerprint density at radius 2 is 1.58 bits per heavy atom. The van der Waals surface area contributed by atoms with E-state index < -0.39 is 30.4 Å². The number of ether oxygens (including phenoxy) is 1. The molecule has 0 heterocycles. The zero-order valence-corrected chi connectivity index (χ0v) is 18.1. The van der Waals surface area contributed by atoms with Gasteiger partial charge in [0.25, 0.3) is 11.8 Å². The molecule has 0 saturated carbocycles. The number of rotatable bonds is 8. The average molecular weight is 425 g/mol. The van der Waals surface area contributed by atoms with Crippen molar-refractivity contribution >= 4 is 29.4 Å². The molecule has 2 rings (SSSR count). The van der Waals surface area contributed by atoms with Gasteiger partial charge in [-0.2, -0.15) is 0 Å². The molecule has 0 fully saturated rings. The molecule has 0 saturated heterocycles. The zero-order valence-electron chi connectivity index (χ0n) is 18.1. The van der Waals surface area contributed by atoms with Gasteiger partial charge in [0.1, 0.15) is 6.04 Å². The Morgan fingerprint density at radius 3 is 2.19 bits per heavy atom. The Hall–Kier alpha value is -3.68. The lowest BCUT2D eigenvalue weighted by Gasteiger charge is -2.19. The molecule has 2 N–H and O–H groups in total. The Bertz CT molecular complexity index is 939. The number of aryl methyl sites for hydroxylation is 2. The Kier molecular flexibility index (Phi) is 8.31. The van der Waals surface area contributed by atoms with Crippen molar-refractivity contribution in [2.24, 2.45) is 0 Å². The normalized spacial score (nSPS) is 11.2. The first kappa shape index (κ1) is 23.6. The van der Waals surface area contributed by atoms with Crippen LogP contribution in [0.4, 0.5) is 5.69 Å². The van der Waals surface area contributed by atoms with Crippen molar-refractivity contribution in [3.63, 3.8) is 0 Å². The fourth-order valence-electron chi connectivity index (χ4n) is 2.79. The van der Waals surface area contributed by atoms with Crippen molar-refractivity contribution in [3.05, 3.63) is 65.2 Å².